The number of hydrogen-bond acceptors (Lipinski definition) is 4. The molecule has 0 fully saturated rings. The molecule has 5 heteroatoms. The lowest BCUT2D eigenvalue weighted by molar-refractivity contribution is 0.0954. The van der Waals surface area contributed by atoms with E-state index in [0.717, 1.165) is 30.0 Å². The molecule has 1 aromatic carbocycles. The molecule has 2 rings (SSSR count). The number of anilines is 1. The first kappa shape index (κ1) is 17.8. The third-order valence-corrected chi connectivity index (χ3v) is 3.89. The number of benzene rings is 1. The first-order valence-electron chi connectivity index (χ1n) is 8.26. The summed E-state index contributed by atoms with van der Waals surface area (Å²) in [6, 6.07) is 11.7. The number of ether oxygens (including phenoxy) is 1. The van der Waals surface area contributed by atoms with E-state index in [-0.39, 0.29) is 5.91 Å². The van der Waals surface area contributed by atoms with Crippen LogP contribution >= 0.6 is 0 Å². The van der Waals surface area contributed by atoms with E-state index < -0.39 is 0 Å². The highest BCUT2D eigenvalue weighted by molar-refractivity contribution is 5.94. The van der Waals surface area contributed by atoms with Gasteiger partial charge < -0.3 is 15.4 Å². The Labute approximate surface area is 143 Å². The van der Waals surface area contributed by atoms with Crippen molar-refractivity contribution >= 4 is 11.7 Å². The molecular formula is C19H25N3O2. The van der Waals surface area contributed by atoms with E-state index in [1.54, 1.807) is 25.4 Å². The number of aromatic nitrogens is 1. The van der Waals surface area contributed by atoms with Crippen LogP contribution in [-0.4, -0.2) is 30.6 Å². The van der Waals surface area contributed by atoms with E-state index in [1.807, 2.05) is 24.3 Å². The fourth-order valence-electron chi connectivity index (χ4n) is 2.22. The Kier molecular flexibility index (Phi) is 6.61. The second-order valence-electron chi connectivity index (χ2n) is 5.74. The van der Waals surface area contributed by atoms with Gasteiger partial charge in [-0.25, -0.2) is 4.98 Å². The van der Waals surface area contributed by atoms with Crippen molar-refractivity contribution in [2.24, 2.45) is 0 Å². The highest BCUT2D eigenvalue weighted by atomic mass is 16.5. The van der Waals surface area contributed by atoms with Gasteiger partial charge >= 0.3 is 0 Å². The zero-order valence-corrected chi connectivity index (χ0v) is 14.5. The molecule has 0 bridgehead atoms. The van der Waals surface area contributed by atoms with Gasteiger partial charge in [-0.3, -0.25) is 4.79 Å². The number of rotatable bonds is 8. The maximum Gasteiger partial charge on any atom is 0.251 e. The van der Waals surface area contributed by atoms with Crippen LogP contribution in [-0.2, 0) is 6.42 Å². The van der Waals surface area contributed by atoms with Crippen LogP contribution in [0.15, 0.2) is 42.6 Å². The zero-order valence-electron chi connectivity index (χ0n) is 14.5. The summed E-state index contributed by atoms with van der Waals surface area (Å²) < 4.78 is 5.13. The fourth-order valence-corrected chi connectivity index (χ4v) is 2.22. The van der Waals surface area contributed by atoms with Crippen molar-refractivity contribution in [1.82, 2.24) is 10.3 Å². The summed E-state index contributed by atoms with van der Waals surface area (Å²) in [5.74, 6) is 1.48. The lowest BCUT2D eigenvalue weighted by atomic mass is 10.1. The predicted molar refractivity (Wildman–Crippen MR) is 96.6 cm³/mol. The van der Waals surface area contributed by atoms with Crippen LogP contribution < -0.4 is 15.4 Å². The van der Waals surface area contributed by atoms with Crippen LogP contribution in [0.3, 0.4) is 0 Å². The number of nitrogens with one attached hydrogen (secondary N) is 2. The number of nitrogens with zero attached hydrogens (tertiary/aromatic N) is 1. The van der Waals surface area contributed by atoms with Crippen molar-refractivity contribution < 1.29 is 9.53 Å². The topological polar surface area (TPSA) is 63.2 Å². The summed E-state index contributed by atoms with van der Waals surface area (Å²) in [7, 11) is 1.65. The second-order valence-corrected chi connectivity index (χ2v) is 5.74. The van der Waals surface area contributed by atoms with Crippen LogP contribution in [0.25, 0.3) is 0 Å². The molecule has 128 valence electrons. The molecule has 0 aliphatic heterocycles. The van der Waals surface area contributed by atoms with Crippen molar-refractivity contribution in [2.75, 3.05) is 19.0 Å². The number of amides is 1. The molecule has 0 saturated carbocycles. The molecule has 1 aromatic heterocycles. The van der Waals surface area contributed by atoms with Crippen LogP contribution in [0.2, 0.25) is 0 Å². The van der Waals surface area contributed by atoms with Crippen molar-refractivity contribution in [3.63, 3.8) is 0 Å². The van der Waals surface area contributed by atoms with E-state index in [4.69, 9.17) is 4.74 Å². The van der Waals surface area contributed by atoms with Gasteiger partial charge in [0.1, 0.15) is 11.6 Å². The molecule has 24 heavy (non-hydrogen) atoms. The first-order chi connectivity index (χ1) is 11.6. The lowest BCUT2D eigenvalue weighted by Crippen LogP contribution is -2.26. The molecule has 0 aliphatic carbocycles. The smallest absolute Gasteiger partial charge is 0.251 e. The van der Waals surface area contributed by atoms with Crippen LogP contribution in [0, 0.1) is 0 Å². The van der Waals surface area contributed by atoms with Crippen molar-refractivity contribution in [3.8, 4) is 5.75 Å². The molecule has 2 N–H and O–H groups in total. The summed E-state index contributed by atoms with van der Waals surface area (Å²) in [6.45, 7) is 4.78. The van der Waals surface area contributed by atoms with Gasteiger partial charge in [0, 0.05) is 24.3 Å². The van der Waals surface area contributed by atoms with E-state index in [2.05, 4.69) is 29.5 Å². The predicted octanol–water partition coefficient (Wildman–Crippen LogP) is 3.27. The average Bonchev–Trinajstić information content (AvgIpc) is 2.62. The van der Waals surface area contributed by atoms with E-state index in [0.29, 0.717) is 18.2 Å². The zero-order chi connectivity index (χ0) is 17.4. The van der Waals surface area contributed by atoms with Crippen molar-refractivity contribution in [2.45, 2.75) is 32.7 Å². The van der Waals surface area contributed by atoms with Gasteiger partial charge in [0.2, 0.25) is 0 Å². The monoisotopic (exact) mass is 327 g/mol. The number of methoxy groups -OCH3 is 1. The summed E-state index contributed by atoms with van der Waals surface area (Å²) in [5.41, 5.74) is 1.77. The molecule has 1 heterocycles. The Morgan fingerprint density at radius 2 is 2.00 bits per heavy atom. The van der Waals surface area contributed by atoms with E-state index >= 15 is 0 Å². The summed E-state index contributed by atoms with van der Waals surface area (Å²) in [4.78, 5) is 16.5. The molecule has 1 atom stereocenters. The maximum atomic E-state index is 12.3. The van der Waals surface area contributed by atoms with Crippen molar-refractivity contribution in [3.05, 3.63) is 53.7 Å². The Balaban J connectivity index is 1.86. The van der Waals surface area contributed by atoms with Gasteiger partial charge in [-0.05, 0) is 49.6 Å². The molecule has 5 nitrogen and oxygen atoms in total. The average molecular weight is 327 g/mol. The van der Waals surface area contributed by atoms with Gasteiger partial charge in [0.15, 0.2) is 0 Å². The standard InChI is InChI=1S/C19H25N3O2/c1-4-14(2)22-18-13-16(10-12-20-18)19(23)21-11-9-15-5-7-17(24-3)8-6-15/h5-8,10,12-14H,4,9,11H2,1-3H3,(H,20,22)(H,21,23). The van der Waals surface area contributed by atoms with E-state index in [9.17, 15) is 4.79 Å². The van der Waals surface area contributed by atoms with Gasteiger partial charge in [0.25, 0.3) is 5.91 Å². The quantitative estimate of drug-likeness (QED) is 0.781. The second kappa shape index (κ2) is 8.91. The SMILES string of the molecule is CCC(C)Nc1cc(C(=O)NCCc2ccc(OC)cc2)ccn1. The minimum absolute atomic E-state index is 0.0851. The minimum atomic E-state index is -0.0851. The highest BCUT2D eigenvalue weighted by Crippen LogP contribution is 2.12. The largest absolute Gasteiger partial charge is 0.497 e. The normalized spacial score (nSPS) is 11.6. The van der Waals surface area contributed by atoms with Crippen LogP contribution in [0.5, 0.6) is 5.75 Å². The van der Waals surface area contributed by atoms with Gasteiger partial charge in [0.05, 0.1) is 7.11 Å². The van der Waals surface area contributed by atoms with Crippen molar-refractivity contribution in [1.29, 1.82) is 0 Å². The molecule has 0 aliphatic rings. The third-order valence-electron chi connectivity index (χ3n) is 3.89. The summed E-state index contributed by atoms with van der Waals surface area (Å²) >= 11 is 0. The van der Waals surface area contributed by atoms with Crippen LogP contribution in [0.4, 0.5) is 5.82 Å². The number of pyridine rings is 1. The molecule has 0 spiro atoms. The molecule has 2 aromatic rings. The summed E-state index contributed by atoms with van der Waals surface area (Å²) in [6.07, 6.45) is 3.43. The third kappa shape index (κ3) is 5.26. The highest BCUT2D eigenvalue weighted by Gasteiger charge is 2.07. The Hall–Kier alpha value is -2.56. The minimum Gasteiger partial charge on any atom is -0.497 e. The molecule has 0 radical (unpaired) electrons. The Morgan fingerprint density at radius 3 is 2.67 bits per heavy atom. The number of hydrogen-bond donors (Lipinski definition) is 2. The maximum absolute atomic E-state index is 12.3. The van der Waals surface area contributed by atoms with Gasteiger partial charge in [-0.15, -0.1) is 0 Å². The fraction of sp³-hybridized carbons (Fsp3) is 0.368. The number of carbonyl (C=O) groups is 1. The Morgan fingerprint density at radius 1 is 1.25 bits per heavy atom. The van der Waals surface area contributed by atoms with E-state index in [1.165, 1.54) is 0 Å². The molecule has 1 unspecified atom stereocenters. The first-order valence-corrected chi connectivity index (χ1v) is 8.26. The van der Waals surface area contributed by atoms with Gasteiger partial charge in [-0.2, -0.15) is 0 Å². The van der Waals surface area contributed by atoms with Gasteiger partial charge in [-0.1, -0.05) is 19.1 Å². The number of carbonyl (C=O) groups excluding carboxylic acids is 1. The van der Waals surface area contributed by atoms with Crippen LogP contribution in [0.1, 0.15) is 36.2 Å². The summed E-state index contributed by atoms with van der Waals surface area (Å²) in [5, 5.41) is 6.22. The lowest BCUT2D eigenvalue weighted by Gasteiger charge is -2.12. The molecular weight excluding hydrogens is 302 g/mol. The molecule has 1 amide bonds. The Bertz CT molecular complexity index is 656. The molecule has 0 saturated heterocycles.